The first-order valence-electron chi connectivity index (χ1n) is 11.7. The Kier molecular flexibility index (Phi) is 9.80. The summed E-state index contributed by atoms with van der Waals surface area (Å²) < 4.78 is 29.6. The maximum absolute atomic E-state index is 13.5. The topological polar surface area (TPSA) is 114 Å². The Bertz CT molecular complexity index is 935. The minimum Gasteiger partial charge on any atom is -0.488 e. The standard InChI is InChI=1S/C25H36FN3O7/c1-15(28(6)24(33)36-25(3,4)5)22(31)27-21(16(2)34-7)23(32)29-13-20(12-18(29)14-30)35-19-10-8-17(26)9-11-19/h8-11,14-16,18,20-21H,12-13H2,1-7H3,(H,27,31)/t15-,16+,18-,20-,21-/m0/s1. The highest BCUT2D eigenvalue weighted by Crippen LogP contribution is 2.24. The molecule has 1 N–H and O–H groups in total. The minimum atomic E-state index is -1.12. The van der Waals surface area contributed by atoms with Crippen molar-refractivity contribution in [1.29, 1.82) is 0 Å². The second kappa shape index (κ2) is 12.2. The van der Waals surface area contributed by atoms with Crippen LogP contribution in [0.15, 0.2) is 24.3 Å². The molecule has 10 nitrogen and oxygen atoms in total. The van der Waals surface area contributed by atoms with Gasteiger partial charge in [-0.2, -0.15) is 0 Å². The van der Waals surface area contributed by atoms with E-state index < -0.39 is 59.7 Å². The van der Waals surface area contributed by atoms with Gasteiger partial charge in [-0.15, -0.1) is 0 Å². The molecule has 0 bridgehead atoms. The Morgan fingerprint density at radius 2 is 1.81 bits per heavy atom. The average molecular weight is 510 g/mol. The number of halogens is 1. The fraction of sp³-hybridized carbons (Fsp3) is 0.600. The molecule has 0 aromatic heterocycles. The van der Waals surface area contributed by atoms with Crippen molar-refractivity contribution < 1.29 is 37.8 Å². The molecule has 200 valence electrons. The zero-order chi connectivity index (χ0) is 27.2. The summed E-state index contributed by atoms with van der Waals surface area (Å²) in [6, 6.07) is 2.60. The number of benzene rings is 1. The Balaban J connectivity index is 2.13. The first-order chi connectivity index (χ1) is 16.8. The van der Waals surface area contributed by atoms with Gasteiger partial charge in [-0.1, -0.05) is 0 Å². The van der Waals surface area contributed by atoms with Crippen LogP contribution in [0.2, 0.25) is 0 Å². The van der Waals surface area contributed by atoms with Crippen LogP contribution in [0.25, 0.3) is 0 Å². The number of rotatable bonds is 9. The number of ether oxygens (including phenoxy) is 3. The lowest BCUT2D eigenvalue weighted by molar-refractivity contribution is -0.143. The first kappa shape index (κ1) is 29.0. The summed E-state index contributed by atoms with van der Waals surface area (Å²) in [5, 5.41) is 2.66. The molecule has 1 aromatic rings. The molecule has 0 saturated carbocycles. The van der Waals surface area contributed by atoms with E-state index in [4.69, 9.17) is 14.2 Å². The number of carbonyl (C=O) groups excluding carboxylic acids is 4. The van der Waals surface area contributed by atoms with E-state index in [9.17, 15) is 23.6 Å². The van der Waals surface area contributed by atoms with Crippen LogP contribution in [-0.4, -0.2) is 90.6 Å². The van der Waals surface area contributed by atoms with E-state index in [-0.39, 0.29) is 13.0 Å². The summed E-state index contributed by atoms with van der Waals surface area (Å²) in [6.45, 7) is 8.36. The third-order valence-electron chi connectivity index (χ3n) is 5.91. The number of hydrogen-bond acceptors (Lipinski definition) is 7. The summed E-state index contributed by atoms with van der Waals surface area (Å²) in [5.41, 5.74) is -0.739. The van der Waals surface area contributed by atoms with E-state index in [0.717, 1.165) is 4.90 Å². The Morgan fingerprint density at radius 3 is 2.33 bits per heavy atom. The third kappa shape index (κ3) is 7.64. The summed E-state index contributed by atoms with van der Waals surface area (Å²) >= 11 is 0. The summed E-state index contributed by atoms with van der Waals surface area (Å²) in [4.78, 5) is 53.0. The van der Waals surface area contributed by atoms with Crippen molar-refractivity contribution in [3.05, 3.63) is 30.1 Å². The van der Waals surface area contributed by atoms with Crippen molar-refractivity contribution in [2.24, 2.45) is 0 Å². The normalized spacial score (nSPS) is 20.2. The van der Waals surface area contributed by atoms with Gasteiger partial charge in [0.15, 0.2) is 0 Å². The maximum Gasteiger partial charge on any atom is 0.410 e. The fourth-order valence-electron chi connectivity index (χ4n) is 3.64. The number of nitrogens with zero attached hydrogens (tertiary/aromatic N) is 2. The molecule has 11 heteroatoms. The van der Waals surface area contributed by atoms with Gasteiger partial charge < -0.3 is 29.2 Å². The van der Waals surface area contributed by atoms with Crippen molar-refractivity contribution in [3.63, 3.8) is 0 Å². The van der Waals surface area contributed by atoms with E-state index in [0.29, 0.717) is 12.0 Å². The van der Waals surface area contributed by atoms with Crippen LogP contribution >= 0.6 is 0 Å². The highest BCUT2D eigenvalue weighted by atomic mass is 19.1. The summed E-state index contributed by atoms with van der Waals surface area (Å²) in [6.07, 6.45) is -1.02. The molecule has 0 aliphatic carbocycles. The number of aldehydes is 1. The maximum atomic E-state index is 13.5. The van der Waals surface area contributed by atoms with Crippen molar-refractivity contribution in [1.82, 2.24) is 15.1 Å². The number of methoxy groups -OCH3 is 1. The molecule has 0 radical (unpaired) electrons. The molecule has 1 aliphatic rings. The smallest absolute Gasteiger partial charge is 0.410 e. The quantitative estimate of drug-likeness (QED) is 0.508. The SMILES string of the molecule is CO[C@H](C)[C@H](NC(=O)[C@H](C)N(C)C(=O)OC(C)(C)C)C(=O)N1C[C@@H](Oc2ccc(F)cc2)C[C@H]1C=O. The minimum absolute atomic E-state index is 0.0930. The van der Waals surface area contributed by atoms with Crippen molar-refractivity contribution >= 4 is 24.2 Å². The van der Waals surface area contributed by atoms with Gasteiger partial charge >= 0.3 is 6.09 Å². The van der Waals surface area contributed by atoms with Gasteiger partial charge in [0.25, 0.3) is 0 Å². The molecule has 1 fully saturated rings. The number of likely N-dealkylation sites (N-methyl/N-ethyl adjacent to an activating group) is 1. The van der Waals surface area contributed by atoms with Crippen molar-refractivity contribution in [2.45, 2.75) is 77.0 Å². The van der Waals surface area contributed by atoms with Crippen LogP contribution in [-0.2, 0) is 23.9 Å². The van der Waals surface area contributed by atoms with Gasteiger partial charge in [-0.3, -0.25) is 14.5 Å². The molecule has 2 rings (SSSR count). The largest absolute Gasteiger partial charge is 0.488 e. The molecule has 1 saturated heterocycles. The van der Waals surface area contributed by atoms with Crippen molar-refractivity contribution in [3.8, 4) is 5.75 Å². The molecule has 3 amide bonds. The molecule has 0 spiro atoms. The van der Waals surface area contributed by atoms with E-state index >= 15 is 0 Å². The first-order valence-corrected chi connectivity index (χ1v) is 11.7. The van der Waals surface area contributed by atoms with Gasteiger partial charge in [-0.05, 0) is 58.9 Å². The van der Waals surface area contributed by atoms with Crippen LogP contribution in [0.1, 0.15) is 41.0 Å². The summed E-state index contributed by atoms with van der Waals surface area (Å²) in [5.74, 6) is -1.11. The lowest BCUT2D eigenvalue weighted by atomic mass is 10.1. The fourth-order valence-corrected chi connectivity index (χ4v) is 3.64. The monoisotopic (exact) mass is 509 g/mol. The molecule has 1 aromatic carbocycles. The lowest BCUT2D eigenvalue weighted by Crippen LogP contribution is -2.58. The molecular weight excluding hydrogens is 473 g/mol. The van der Waals surface area contributed by atoms with E-state index in [1.807, 2.05) is 0 Å². The lowest BCUT2D eigenvalue weighted by Gasteiger charge is -2.32. The van der Waals surface area contributed by atoms with Gasteiger partial charge in [0, 0.05) is 20.6 Å². The Labute approximate surface area is 211 Å². The average Bonchev–Trinajstić information content (AvgIpc) is 3.23. The zero-order valence-electron chi connectivity index (χ0n) is 21.8. The summed E-state index contributed by atoms with van der Waals surface area (Å²) in [7, 11) is 2.82. The molecule has 5 atom stereocenters. The Morgan fingerprint density at radius 1 is 1.19 bits per heavy atom. The van der Waals surface area contributed by atoms with E-state index in [1.165, 1.54) is 50.2 Å². The van der Waals surface area contributed by atoms with Crippen molar-refractivity contribution in [2.75, 3.05) is 20.7 Å². The van der Waals surface area contributed by atoms with E-state index in [1.54, 1.807) is 27.7 Å². The second-order valence-corrected chi connectivity index (χ2v) is 9.82. The van der Waals surface area contributed by atoms with Crippen LogP contribution in [0, 0.1) is 5.82 Å². The number of carbonyl (C=O) groups is 4. The molecule has 1 aliphatic heterocycles. The molecule has 1 heterocycles. The van der Waals surface area contributed by atoms with Crippen LogP contribution in [0.3, 0.4) is 0 Å². The highest BCUT2D eigenvalue weighted by molar-refractivity contribution is 5.92. The third-order valence-corrected chi connectivity index (χ3v) is 5.91. The van der Waals surface area contributed by atoms with Crippen LogP contribution in [0.5, 0.6) is 5.75 Å². The second-order valence-electron chi connectivity index (χ2n) is 9.82. The van der Waals surface area contributed by atoms with E-state index in [2.05, 4.69) is 5.32 Å². The van der Waals surface area contributed by atoms with Crippen LogP contribution in [0.4, 0.5) is 9.18 Å². The number of likely N-dealkylation sites (tertiary alicyclic amines) is 1. The molecular formula is C25H36FN3O7. The molecule has 0 unspecified atom stereocenters. The van der Waals surface area contributed by atoms with Gasteiger partial charge in [-0.25, -0.2) is 9.18 Å². The Hall–Kier alpha value is -3.21. The predicted molar refractivity (Wildman–Crippen MR) is 129 cm³/mol. The van der Waals surface area contributed by atoms with Gasteiger partial charge in [0.1, 0.15) is 41.6 Å². The zero-order valence-corrected chi connectivity index (χ0v) is 21.8. The highest BCUT2D eigenvalue weighted by Gasteiger charge is 2.42. The number of hydrogen-bond donors (Lipinski definition) is 1. The van der Waals surface area contributed by atoms with Crippen LogP contribution < -0.4 is 10.1 Å². The molecule has 36 heavy (non-hydrogen) atoms. The number of amides is 3. The predicted octanol–water partition coefficient (Wildman–Crippen LogP) is 2.15. The number of nitrogens with one attached hydrogen (secondary N) is 1. The van der Waals surface area contributed by atoms with Gasteiger partial charge in [0.05, 0.1) is 18.7 Å². The van der Waals surface area contributed by atoms with Gasteiger partial charge in [0.2, 0.25) is 11.8 Å².